The van der Waals surface area contributed by atoms with E-state index in [0.717, 1.165) is 0 Å². The maximum Gasteiger partial charge on any atom is 0.257 e. The van der Waals surface area contributed by atoms with Crippen molar-refractivity contribution in [3.05, 3.63) is 17.7 Å². The molecule has 1 heterocycles. The van der Waals surface area contributed by atoms with Gasteiger partial charge in [0.1, 0.15) is 0 Å². The van der Waals surface area contributed by atoms with Crippen LogP contribution in [0.2, 0.25) is 0 Å². The van der Waals surface area contributed by atoms with Crippen molar-refractivity contribution in [3.63, 3.8) is 0 Å². The molecule has 0 bridgehead atoms. The lowest BCUT2D eigenvalue weighted by atomic mass is 10.1. The molecule has 2 rings (SSSR count). The Morgan fingerprint density at radius 3 is 2.29 bits per heavy atom. The smallest absolute Gasteiger partial charge is 0.257 e. The highest BCUT2D eigenvalue weighted by Gasteiger charge is 2.30. The van der Waals surface area contributed by atoms with Gasteiger partial charge in [0.15, 0.2) is 11.5 Å². The minimum absolute atomic E-state index is 0.00718. The first-order valence-corrected chi connectivity index (χ1v) is 8.82. The number of benzene rings is 1. The molecule has 0 aliphatic carbocycles. The quantitative estimate of drug-likeness (QED) is 0.759. The SMILES string of the molecule is COc1cc(S(=O)(=O)N2CCOCC2)cc(C(=O)N(C)C)c1OC. The first kappa shape index (κ1) is 18.5. The number of nitrogens with zero attached hydrogens (tertiary/aromatic N) is 2. The van der Waals surface area contributed by atoms with E-state index in [4.69, 9.17) is 14.2 Å². The summed E-state index contributed by atoms with van der Waals surface area (Å²) in [5.74, 6) is 0.0262. The van der Waals surface area contributed by atoms with Crippen molar-refractivity contribution in [2.75, 3.05) is 54.6 Å². The Morgan fingerprint density at radius 1 is 1.17 bits per heavy atom. The third-order valence-corrected chi connectivity index (χ3v) is 5.57. The van der Waals surface area contributed by atoms with E-state index in [2.05, 4.69) is 0 Å². The standard InChI is InChI=1S/C15H22N2O6S/c1-16(2)15(18)12-9-11(10-13(21-3)14(12)22-4)24(19,20)17-5-7-23-8-6-17/h9-10H,5-8H2,1-4H3. The van der Waals surface area contributed by atoms with Crippen molar-refractivity contribution in [3.8, 4) is 11.5 Å². The van der Waals surface area contributed by atoms with Gasteiger partial charge >= 0.3 is 0 Å². The van der Waals surface area contributed by atoms with Crippen LogP contribution in [-0.4, -0.2) is 78.1 Å². The van der Waals surface area contributed by atoms with Crippen molar-refractivity contribution >= 4 is 15.9 Å². The van der Waals surface area contributed by atoms with Crippen molar-refractivity contribution < 1.29 is 27.4 Å². The number of ether oxygens (including phenoxy) is 3. The number of hydrogen-bond donors (Lipinski definition) is 0. The monoisotopic (exact) mass is 358 g/mol. The van der Waals surface area contributed by atoms with Crippen LogP contribution in [0.4, 0.5) is 0 Å². The first-order valence-electron chi connectivity index (χ1n) is 7.38. The third kappa shape index (κ3) is 3.47. The molecule has 1 saturated heterocycles. The second kappa shape index (κ2) is 7.37. The Labute approximate surface area is 141 Å². The number of sulfonamides is 1. The fourth-order valence-corrected chi connectivity index (χ4v) is 3.87. The Balaban J connectivity index is 2.58. The molecule has 0 radical (unpaired) electrons. The average molecular weight is 358 g/mol. The Bertz CT molecular complexity index is 711. The molecule has 134 valence electrons. The summed E-state index contributed by atoms with van der Waals surface area (Å²) >= 11 is 0. The van der Waals surface area contributed by atoms with E-state index >= 15 is 0 Å². The minimum Gasteiger partial charge on any atom is -0.493 e. The summed E-state index contributed by atoms with van der Waals surface area (Å²) in [5, 5.41) is 0. The molecule has 0 aromatic heterocycles. The Kier molecular flexibility index (Phi) is 5.68. The van der Waals surface area contributed by atoms with Crippen LogP contribution in [0.15, 0.2) is 17.0 Å². The zero-order valence-electron chi connectivity index (χ0n) is 14.2. The summed E-state index contributed by atoms with van der Waals surface area (Å²) in [6.45, 7) is 1.23. The zero-order chi connectivity index (χ0) is 17.9. The Morgan fingerprint density at radius 2 is 1.79 bits per heavy atom. The molecular weight excluding hydrogens is 336 g/mol. The lowest BCUT2D eigenvalue weighted by molar-refractivity contribution is 0.0730. The highest BCUT2D eigenvalue weighted by molar-refractivity contribution is 7.89. The van der Waals surface area contributed by atoms with Gasteiger partial charge < -0.3 is 19.1 Å². The van der Waals surface area contributed by atoms with Gasteiger partial charge in [0, 0.05) is 33.3 Å². The fourth-order valence-electron chi connectivity index (χ4n) is 2.42. The Hall–Kier alpha value is -1.84. The van der Waals surface area contributed by atoms with Gasteiger partial charge in [-0.05, 0) is 6.07 Å². The van der Waals surface area contributed by atoms with Gasteiger partial charge in [-0.1, -0.05) is 0 Å². The number of carbonyl (C=O) groups excluding carboxylic acids is 1. The molecule has 1 aliphatic heterocycles. The van der Waals surface area contributed by atoms with Gasteiger partial charge in [-0.25, -0.2) is 8.42 Å². The van der Waals surface area contributed by atoms with Crippen molar-refractivity contribution in [1.29, 1.82) is 0 Å². The first-order chi connectivity index (χ1) is 11.3. The molecule has 1 aromatic rings. The van der Waals surface area contributed by atoms with Crippen LogP contribution in [0.5, 0.6) is 11.5 Å². The van der Waals surface area contributed by atoms with E-state index in [-0.39, 0.29) is 41.0 Å². The van der Waals surface area contributed by atoms with E-state index < -0.39 is 10.0 Å². The fraction of sp³-hybridized carbons (Fsp3) is 0.533. The van der Waals surface area contributed by atoms with Gasteiger partial charge in [0.05, 0.1) is 37.9 Å². The average Bonchev–Trinajstić information content (AvgIpc) is 2.60. The summed E-state index contributed by atoms with van der Waals surface area (Å²) in [6, 6.07) is 2.70. The predicted molar refractivity (Wildman–Crippen MR) is 87.1 cm³/mol. The molecular formula is C15H22N2O6S. The zero-order valence-corrected chi connectivity index (χ0v) is 15.1. The molecule has 1 aromatic carbocycles. The highest BCUT2D eigenvalue weighted by atomic mass is 32.2. The number of methoxy groups -OCH3 is 2. The molecule has 9 heteroatoms. The lowest BCUT2D eigenvalue weighted by Gasteiger charge is -2.26. The van der Waals surface area contributed by atoms with Gasteiger partial charge in [0.2, 0.25) is 10.0 Å². The second-order valence-electron chi connectivity index (χ2n) is 5.42. The van der Waals surface area contributed by atoms with E-state index in [1.165, 1.54) is 35.6 Å². The van der Waals surface area contributed by atoms with Crippen LogP contribution in [0.1, 0.15) is 10.4 Å². The molecule has 24 heavy (non-hydrogen) atoms. The molecule has 0 N–H and O–H groups in total. The van der Waals surface area contributed by atoms with Crippen LogP contribution >= 0.6 is 0 Å². The molecule has 0 saturated carbocycles. The molecule has 1 fully saturated rings. The maximum atomic E-state index is 12.8. The molecule has 8 nitrogen and oxygen atoms in total. The van der Waals surface area contributed by atoms with Crippen molar-refractivity contribution in [2.45, 2.75) is 4.90 Å². The second-order valence-corrected chi connectivity index (χ2v) is 7.36. The number of morpholine rings is 1. The summed E-state index contributed by atoms with van der Waals surface area (Å²) in [5.41, 5.74) is 0.133. The lowest BCUT2D eigenvalue weighted by Crippen LogP contribution is -2.40. The molecule has 0 spiro atoms. The van der Waals surface area contributed by atoms with E-state index in [9.17, 15) is 13.2 Å². The summed E-state index contributed by atoms with van der Waals surface area (Å²) in [4.78, 5) is 13.8. The number of carbonyl (C=O) groups is 1. The largest absolute Gasteiger partial charge is 0.493 e. The molecule has 1 aliphatic rings. The topological polar surface area (TPSA) is 85.4 Å². The normalized spacial score (nSPS) is 15.8. The maximum absolute atomic E-state index is 12.8. The molecule has 0 unspecified atom stereocenters. The minimum atomic E-state index is -3.75. The van der Waals surface area contributed by atoms with Crippen molar-refractivity contribution in [1.82, 2.24) is 9.21 Å². The van der Waals surface area contributed by atoms with Crippen LogP contribution in [0, 0.1) is 0 Å². The summed E-state index contributed by atoms with van der Waals surface area (Å²) < 4.78 is 42.7. The third-order valence-electron chi connectivity index (χ3n) is 3.70. The van der Waals surface area contributed by atoms with Crippen LogP contribution in [-0.2, 0) is 14.8 Å². The van der Waals surface area contributed by atoms with Crippen LogP contribution < -0.4 is 9.47 Å². The van der Waals surface area contributed by atoms with E-state index in [1.807, 2.05) is 0 Å². The highest BCUT2D eigenvalue weighted by Crippen LogP contribution is 2.35. The molecule has 0 atom stereocenters. The van der Waals surface area contributed by atoms with Crippen LogP contribution in [0.3, 0.4) is 0 Å². The van der Waals surface area contributed by atoms with Gasteiger partial charge in [-0.2, -0.15) is 4.31 Å². The summed E-state index contributed by atoms with van der Waals surface area (Å²) in [7, 11) is 2.21. The summed E-state index contributed by atoms with van der Waals surface area (Å²) in [6.07, 6.45) is 0. The number of amides is 1. The van der Waals surface area contributed by atoms with Gasteiger partial charge in [0.25, 0.3) is 5.91 Å². The molecule has 1 amide bonds. The van der Waals surface area contributed by atoms with Crippen molar-refractivity contribution in [2.24, 2.45) is 0 Å². The van der Waals surface area contributed by atoms with E-state index in [1.54, 1.807) is 14.1 Å². The number of rotatable bonds is 5. The predicted octanol–water partition coefficient (Wildman–Crippen LogP) is 0.427. The number of hydrogen-bond acceptors (Lipinski definition) is 6. The van der Waals surface area contributed by atoms with E-state index in [0.29, 0.717) is 13.2 Å². The van der Waals surface area contributed by atoms with Gasteiger partial charge in [-0.3, -0.25) is 4.79 Å². The van der Waals surface area contributed by atoms with Crippen LogP contribution in [0.25, 0.3) is 0 Å². The van der Waals surface area contributed by atoms with Gasteiger partial charge in [-0.15, -0.1) is 0 Å².